The largest absolute Gasteiger partial charge is 0.463 e. The summed E-state index contributed by atoms with van der Waals surface area (Å²) in [6, 6.07) is 7.15. The minimum atomic E-state index is -0.646. The van der Waals surface area contributed by atoms with Crippen LogP contribution in [0.1, 0.15) is 37.0 Å². The maximum Gasteiger partial charge on any atom is 0.377 e. The molecule has 0 saturated carbocycles. The second kappa shape index (κ2) is 6.74. The molecule has 1 aromatic heterocycles. The number of hydrogen-bond acceptors (Lipinski definition) is 6. The molecule has 0 aliphatic heterocycles. The Hall–Kier alpha value is -2.48. The summed E-state index contributed by atoms with van der Waals surface area (Å²) in [4.78, 5) is 27.0. The van der Waals surface area contributed by atoms with Gasteiger partial charge in [-0.2, -0.15) is 9.36 Å². The van der Waals surface area contributed by atoms with Gasteiger partial charge in [-0.25, -0.2) is 9.59 Å². The molecule has 0 atom stereocenters. The standard InChI is InChI=1S/C15H18N4O3S/c1-15(2,3)9-5-7-10(8-6-9)16-13(21)18-14-17-11(19-23-14)12(20)22-4/h5-8H,1-4H3,(H2,16,17,18,19,21). The summed E-state index contributed by atoms with van der Waals surface area (Å²) in [5.41, 5.74) is 1.89. The summed E-state index contributed by atoms with van der Waals surface area (Å²) < 4.78 is 8.30. The smallest absolute Gasteiger partial charge is 0.377 e. The van der Waals surface area contributed by atoms with E-state index in [2.05, 4.69) is 45.5 Å². The van der Waals surface area contributed by atoms with Crippen molar-refractivity contribution in [1.82, 2.24) is 9.36 Å². The molecular weight excluding hydrogens is 316 g/mol. The Morgan fingerprint density at radius 3 is 2.35 bits per heavy atom. The predicted octanol–water partition coefficient (Wildman–Crippen LogP) is 3.27. The molecular formula is C15H18N4O3S. The number of ether oxygens (including phenoxy) is 1. The summed E-state index contributed by atoms with van der Waals surface area (Å²) >= 11 is 0.904. The Morgan fingerprint density at radius 2 is 1.78 bits per heavy atom. The number of urea groups is 1. The van der Waals surface area contributed by atoms with Crippen LogP contribution in [0.4, 0.5) is 15.6 Å². The number of rotatable bonds is 3. The SMILES string of the molecule is COC(=O)c1nsc(NC(=O)Nc2ccc(C(C)(C)C)cc2)n1. The maximum atomic E-state index is 11.9. The van der Waals surface area contributed by atoms with Crippen molar-refractivity contribution in [3.63, 3.8) is 0 Å². The van der Waals surface area contributed by atoms with Crippen molar-refractivity contribution in [1.29, 1.82) is 0 Å². The molecule has 2 amide bonds. The van der Waals surface area contributed by atoms with Gasteiger partial charge < -0.3 is 10.1 Å². The van der Waals surface area contributed by atoms with E-state index in [0.29, 0.717) is 5.69 Å². The number of nitrogens with zero attached hydrogens (tertiary/aromatic N) is 2. The highest BCUT2D eigenvalue weighted by molar-refractivity contribution is 7.10. The van der Waals surface area contributed by atoms with Gasteiger partial charge in [-0.15, -0.1) is 0 Å². The van der Waals surface area contributed by atoms with Gasteiger partial charge in [0.05, 0.1) is 7.11 Å². The Bertz CT molecular complexity index is 704. The van der Waals surface area contributed by atoms with Gasteiger partial charge in [0.1, 0.15) is 0 Å². The second-order valence-corrected chi connectivity index (χ2v) is 6.57. The molecule has 0 radical (unpaired) electrons. The average Bonchev–Trinajstić information content (AvgIpc) is 2.94. The average molecular weight is 334 g/mol. The van der Waals surface area contributed by atoms with E-state index in [4.69, 9.17) is 0 Å². The molecule has 2 rings (SSSR count). The van der Waals surface area contributed by atoms with E-state index in [1.54, 1.807) is 0 Å². The third kappa shape index (κ3) is 4.49. The number of benzene rings is 1. The van der Waals surface area contributed by atoms with Crippen LogP contribution >= 0.6 is 11.5 Å². The zero-order chi connectivity index (χ0) is 17.0. The molecule has 2 aromatic rings. The highest BCUT2D eigenvalue weighted by Gasteiger charge is 2.15. The van der Waals surface area contributed by atoms with E-state index < -0.39 is 12.0 Å². The monoisotopic (exact) mass is 334 g/mol. The Kier molecular flexibility index (Phi) is 4.95. The zero-order valence-corrected chi connectivity index (χ0v) is 14.2. The van der Waals surface area contributed by atoms with Crippen LogP contribution in [0.5, 0.6) is 0 Å². The fraction of sp³-hybridized carbons (Fsp3) is 0.333. The van der Waals surface area contributed by atoms with E-state index in [9.17, 15) is 9.59 Å². The molecule has 0 fully saturated rings. The topological polar surface area (TPSA) is 93.2 Å². The lowest BCUT2D eigenvalue weighted by atomic mass is 9.87. The van der Waals surface area contributed by atoms with Gasteiger partial charge in [0.25, 0.3) is 5.82 Å². The molecule has 7 nitrogen and oxygen atoms in total. The summed E-state index contributed by atoms with van der Waals surface area (Å²) in [6.45, 7) is 6.36. The number of carbonyl (C=O) groups excluding carboxylic acids is 2. The number of carbonyl (C=O) groups is 2. The lowest BCUT2D eigenvalue weighted by Gasteiger charge is -2.19. The molecule has 1 aromatic carbocycles. The molecule has 0 unspecified atom stereocenters. The van der Waals surface area contributed by atoms with Crippen LogP contribution in [-0.4, -0.2) is 28.5 Å². The van der Waals surface area contributed by atoms with Crippen LogP contribution in [0.25, 0.3) is 0 Å². The first-order valence-corrected chi connectivity index (χ1v) is 7.67. The van der Waals surface area contributed by atoms with Crippen LogP contribution in [0, 0.1) is 0 Å². The molecule has 8 heteroatoms. The fourth-order valence-corrected chi connectivity index (χ4v) is 2.32. The van der Waals surface area contributed by atoms with Crippen LogP contribution in [0.2, 0.25) is 0 Å². The van der Waals surface area contributed by atoms with Crippen LogP contribution in [0.3, 0.4) is 0 Å². The first-order valence-electron chi connectivity index (χ1n) is 6.90. The lowest BCUT2D eigenvalue weighted by molar-refractivity contribution is 0.0588. The Labute approximate surface area is 138 Å². The Balaban J connectivity index is 1.97. The van der Waals surface area contributed by atoms with Gasteiger partial charge in [-0.1, -0.05) is 32.9 Å². The second-order valence-electron chi connectivity index (χ2n) is 5.82. The van der Waals surface area contributed by atoms with E-state index >= 15 is 0 Å². The van der Waals surface area contributed by atoms with Gasteiger partial charge in [0, 0.05) is 17.2 Å². The molecule has 0 aliphatic rings. The molecule has 2 N–H and O–H groups in total. The number of methoxy groups -OCH3 is 1. The number of esters is 1. The molecule has 0 saturated heterocycles. The number of hydrogen-bond donors (Lipinski definition) is 2. The van der Waals surface area contributed by atoms with E-state index in [1.807, 2.05) is 24.3 Å². The number of amides is 2. The van der Waals surface area contributed by atoms with E-state index in [-0.39, 0.29) is 16.4 Å². The highest BCUT2D eigenvalue weighted by Crippen LogP contribution is 2.23. The third-order valence-corrected chi connectivity index (χ3v) is 3.65. The van der Waals surface area contributed by atoms with Gasteiger partial charge in [0.2, 0.25) is 5.13 Å². The third-order valence-electron chi connectivity index (χ3n) is 3.02. The van der Waals surface area contributed by atoms with Gasteiger partial charge >= 0.3 is 12.0 Å². The quantitative estimate of drug-likeness (QED) is 0.840. The summed E-state index contributed by atoms with van der Waals surface area (Å²) in [5.74, 6) is -0.727. The minimum Gasteiger partial charge on any atom is -0.463 e. The summed E-state index contributed by atoms with van der Waals surface area (Å²) in [7, 11) is 1.24. The number of aromatic nitrogens is 2. The van der Waals surface area contributed by atoms with Crippen molar-refractivity contribution in [2.75, 3.05) is 17.7 Å². The molecule has 23 heavy (non-hydrogen) atoms. The molecule has 122 valence electrons. The molecule has 0 spiro atoms. The predicted molar refractivity (Wildman–Crippen MR) is 89.0 cm³/mol. The first kappa shape index (κ1) is 16.9. The number of anilines is 2. The van der Waals surface area contributed by atoms with Crippen LogP contribution < -0.4 is 10.6 Å². The van der Waals surface area contributed by atoms with Crippen molar-refractivity contribution >= 4 is 34.4 Å². The molecule has 1 heterocycles. The van der Waals surface area contributed by atoms with Crippen LogP contribution in [-0.2, 0) is 10.2 Å². The Morgan fingerprint density at radius 1 is 1.13 bits per heavy atom. The highest BCUT2D eigenvalue weighted by atomic mass is 32.1. The fourth-order valence-electron chi connectivity index (χ4n) is 1.76. The van der Waals surface area contributed by atoms with Crippen molar-refractivity contribution in [3.05, 3.63) is 35.7 Å². The first-order chi connectivity index (χ1) is 10.8. The number of nitrogens with one attached hydrogen (secondary N) is 2. The van der Waals surface area contributed by atoms with E-state index in [0.717, 1.165) is 11.5 Å². The van der Waals surface area contributed by atoms with Crippen molar-refractivity contribution in [2.45, 2.75) is 26.2 Å². The summed E-state index contributed by atoms with van der Waals surface area (Å²) in [6.07, 6.45) is 0. The van der Waals surface area contributed by atoms with Gasteiger partial charge in [-0.05, 0) is 23.1 Å². The summed E-state index contributed by atoms with van der Waals surface area (Å²) in [5, 5.41) is 5.43. The normalized spacial score (nSPS) is 11.0. The van der Waals surface area contributed by atoms with Gasteiger partial charge in [-0.3, -0.25) is 5.32 Å². The zero-order valence-electron chi connectivity index (χ0n) is 13.3. The van der Waals surface area contributed by atoms with E-state index in [1.165, 1.54) is 12.7 Å². The maximum absolute atomic E-state index is 11.9. The van der Waals surface area contributed by atoms with Crippen molar-refractivity contribution in [2.24, 2.45) is 0 Å². The van der Waals surface area contributed by atoms with Crippen molar-refractivity contribution in [3.8, 4) is 0 Å². The van der Waals surface area contributed by atoms with Gasteiger partial charge in [0.15, 0.2) is 0 Å². The lowest BCUT2D eigenvalue weighted by Crippen LogP contribution is -2.19. The molecule has 0 bridgehead atoms. The van der Waals surface area contributed by atoms with Crippen LogP contribution in [0.15, 0.2) is 24.3 Å². The molecule has 0 aliphatic carbocycles. The van der Waals surface area contributed by atoms with Crippen molar-refractivity contribution < 1.29 is 14.3 Å². The minimum absolute atomic E-state index is 0.0532.